The molecular weight excluding hydrogens is 362 g/mol. The summed E-state index contributed by atoms with van der Waals surface area (Å²) in [4.78, 5) is 29.4. The van der Waals surface area contributed by atoms with Gasteiger partial charge >= 0.3 is 0 Å². The number of carbonyl (C=O) groups is 2. The summed E-state index contributed by atoms with van der Waals surface area (Å²) >= 11 is 6.12. The van der Waals surface area contributed by atoms with Crippen LogP contribution >= 0.6 is 11.6 Å². The maximum Gasteiger partial charge on any atom is 0.253 e. The fourth-order valence-corrected chi connectivity index (χ4v) is 3.37. The average molecular weight is 386 g/mol. The van der Waals surface area contributed by atoms with Crippen LogP contribution < -0.4 is 5.32 Å². The highest BCUT2D eigenvalue weighted by Crippen LogP contribution is 2.15. The highest BCUT2D eigenvalue weighted by atomic mass is 35.5. The van der Waals surface area contributed by atoms with Crippen molar-refractivity contribution in [1.82, 2.24) is 15.1 Å². The second-order valence-corrected chi connectivity index (χ2v) is 6.99. The van der Waals surface area contributed by atoms with Crippen LogP contribution in [0.4, 0.5) is 0 Å². The van der Waals surface area contributed by atoms with Crippen LogP contribution in [-0.2, 0) is 6.54 Å². The van der Waals surface area contributed by atoms with Gasteiger partial charge in [-0.05, 0) is 36.4 Å². The third-order valence-corrected chi connectivity index (χ3v) is 5.24. The Kier molecular flexibility index (Phi) is 6.48. The van der Waals surface area contributed by atoms with Crippen molar-refractivity contribution in [2.45, 2.75) is 13.5 Å². The zero-order chi connectivity index (χ0) is 19.2. The van der Waals surface area contributed by atoms with E-state index in [1.807, 2.05) is 23.1 Å². The van der Waals surface area contributed by atoms with Gasteiger partial charge in [0.15, 0.2) is 0 Å². The molecule has 1 N–H and O–H groups in total. The van der Waals surface area contributed by atoms with Gasteiger partial charge in [-0.3, -0.25) is 9.59 Å². The fraction of sp³-hybridized carbons (Fsp3) is 0.333. The highest BCUT2D eigenvalue weighted by Gasteiger charge is 2.22. The Balaban J connectivity index is 1.63. The first-order chi connectivity index (χ1) is 13.1. The third kappa shape index (κ3) is 4.87. The summed E-state index contributed by atoms with van der Waals surface area (Å²) in [6.07, 6.45) is 0. The van der Waals surface area contributed by atoms with Gasteiger partial charge in [-0.25, -0.2) is 0 Å². The largest absolute Gasteiger partial charge is 0.348 e. The molecular formula is C21H24ClN3O2. The normalized spacial score (nSPS) is 14.8. The number of benzene rings is 2. The van der Waals surface area contributed by atoms with Crippen molar-refractivity contribution >= 4 is 23.4 Å². The average Bonchev–Trinajstić information content (AvgIpc) is 2.72. The molecule has 2 aromatic carbocycles. The van der Waals surface area contributed by atoms with Gasteiger partial charge in [0.25, 0.3) is 11.8 Å². The molecule has 2 aromatic rings. The van der Waals surface area contributed by atoms with E-state index in [2.05, 4.69) is 17.1 Å². The minimum atomic E-state index is -0.222. The number of amides is 2. The molecule has 0 bridgehead atoms. The topological polar surface area (TPSA) is 52.7 Å². The summed E-state index contributed by atoms with van der Waals surface area (Å²) in [5, 5.41) is 3.48. The molecule has 1 fully saturated rings. The van der Waals surface area contributed by atoms with Gasteiger partial charge in [0.05, 0.1) is 0 Å². The molecule has 0 aliphatic carbocycles. The Bertz CT molecular complexity index is 817. The first-order valence-electron chi connectivity index (χ1n) is 9.21. The molecule has 0 saturated carbocycles. The van der Waals surface area contributed by atoms with Gasteiger partial charge in [-0.1, -0.05) is 42.8 Å². The Morgan fingerprint density at radius 2 is 1.70 bits per heavy atom. The van der Waals surface area contributed by atoms with E-state index in [0.29, 0.717) is 22.7 Å². The summed E-state index contributed by atoms with van der Waals surface area (Å²) in [6.45, 7) is 6.69. The van der Waals surface area contributed by atoms with E-state index in [-0.39, 0.29) is 11.8 Å². The lowest BCUT2D eigenvalue weighted by atomic mass is 10.1. The number of nitrogens with one attached hydrogen (secondary N) is 1. The maximum atomic E-state index is 12.8. The third-order valence-electron chi connectivity index (χ3n) is 4.88. The van der Waals surface area contributed by atoms with Gasteiger partial charge in [0, 0.05) is 48.9 Å². The second kappa shape index (κ2) is 9.02. The number of halogens is 1. The number of piperazine rings is 1. The zero-order valence-corrected chi connectivity index (χ0v) is 16.2. The second-order valence-electron chi connectivity index (χ2n) is 6.58. The van der Waals surface area contributed by atoms with E-state index in [4.69, 9.17) is 11.6 Å². The minimum absolute atomic E-state index is 0.0218. The summed E-state index contributed by atoms with van der Waals surface area (Å²) < 4.78 is 0. The Labute approximate surface area is 164 Å². The molecule has 6 heteroatoms. The SMILES string of the molecule is CCN1CCN(C(=O)c2cccc(C(=O)NCc3ccccc3Cl)c2)CC1. The van der Waals surface area contributed by atoms with Crippen LogP contribution in [0.25, 0.3) is 0 Å². The highest BCUT2D eigenvalue weighted by molar-refractivity contribution is 6.31. The minimum Gasteiger partial charge on any atom is -0.348 e. The molecule has 1 heterocycles. The zero-order valence-electron chi connectivity index (χ0n) is 15.5. The van der Waals surface area contributed by atoms with Crippen molar-refractivity contribution in [2.75, 3.05) is 32.7 Å². The molecule has 142 valence electrons. The van der Waals surface area contributed by atoms with E-state index < -0.39 is 0 Å². The van der Waals surface area contributed by atoms with E-state index in [1.165, 1.54) is 0 Å². The van der Waals surface area contributed by atoms with Gasteiger partial charge in [-0.2, -0.15) is 0 Å². The smallest absolute Gasteiger partial charge is 0.253 e. The molecule has 0 radical (unpaired) electrons. The van der Waals surface area contributed by atoms with Gasteiger partial charge in [-0.15, -0.1) is 0 Å². The Morgan fingerprint density at radius 1 is 1.00 bits per heavy atom. The predicted octanol–water partition coefficient (Wildman–Crippen LogP) is 3.05. The summed E-state index contributed by atoms with van der Waals surface area (Å²) in [7, 11) is 0. The summed E-state index contributed by atoms with van der Waals surface area (Å²) in [5.74, 6) is -0.244. The van der Waals surface area contributed by atoms with Crippen molar-refractivity contribution in [3.63, 3.8) is 0 Å². The Hall–Kier alpha value is -2.37. The van der Waals surface area contributed by atoms with Crippen LogP contribution in [-0.4, -0.2) is 54.3 Å². The number of hydrogen-bond donors (Lipinski definition) is 1. The van der Waals surface area contributed by atoms with Crippen LogP contribution in [0.2, 0.25) is 5.02 Å². The molecule has 3 rings (SSSR count). The molecule has 0 atom stereocenters. The van der Waals surface area contributed by atoms with Crippen LogP contribution in [0.1, 0.15) is 33.2 Å². The molecule has 0 unspecified atom stereocenters. The number of carbonyl (C=O) groups excluding carboxylic acids is 2. The molecule has 5 nitrogen and oxygen atoms in total. The van der Waals surface area contributed by atoms with Crippen molar-refractivity contribution in [2.24, 2.45) is 0 Å². The lowest BCUT2D eigenvalue weighted by Gasteiger charge is -2.34. The van der Waals surface area contributed by atoms with Gasteiger partial charge in [0.2, 0.25) is 0 Å². The molecule has 27 heavy (non-hydrogen) atoms. The lowest BCUT2D eigenvalue weighted by Crippen LogP contribution is -2.48. The molecule has 1 aliphatic rings. The van der Waals surface area contributed by atoms with Crippen LogP contribution in [0, 0.1) is 0 Å². The van der Waals surface area contributed by atoms with E-state index in [9.17, 15) is 9.59 Å². The van der Waals surface area contributed by atoms with Crippen molar-refractivity contribution in [3.8, 4) is 0 Å². The quantitative estimate of drug-likeness (QED) is 0.860. The van der Waals surface area contributed by atoms with Crippen molar-refractivity contribution < 1.29 is 9.59 Å². The fourth-order valence-electron chi connectivity index (χ4n) is 3.16. The Morgan fingerprint density at radius 3 is 2.41 bits per heavy atom. The van der Waals surface area contributed by atoms with Gasteiger partial charge < -0.3 is 15.1 Å². The first kappa shape index (κ1) is 19.4. The number of nitrogens with zero attached hydrogens (tertiary/aromatic N) is 2. The number of rotatable bonds is 5. The lowest BCUT2D eigenvalue weighted by molar-refractivity contribution is 0.0643. The van der Waals surface area contributed by atoms with Crippen molar-refractivity contribution in [1.29, 1.82) is 0 Å². The molecule has 2 amide bonds. The van der Waals surface area contributed by atoms with Crippen molar-refractivity contribution in [3.05, 3.63) is 70.2 Å². The van der Waals surface area contributed by atoms with E-state index >= 15 is 0 Å². The van der Waals surface area contributed by atoms with Crippen LogP contribution in [0.15, 0.2) is 48.5 Å². The molecule has 1 saturated heterocycles. The summed E-state index contributed by atoms with van der Waals surface area (Å²) in [6, 6.07) is 14.3. The molecule has 1 aliphatic heterocycles. The molecule has 0 aromatic heterocycles. The maximum absolute atomic E-state index is 12.8. The standard InChI is InChI=1S/C21H24ClN3O2/c1-2-24-10-12-25(13-11-24)21(27)17-8-5-7-16(14-17)20(26)23-15-18-6-3-4-9-19(18)22/h3-9,14H,2,10-13,15H2,1H3,(H,23,26). The number of likely N-dealkylation sites (N-methyl/N-ethyl adjacent to an activating group) is 1. The first-order valence-corrected chi connectivity index (χ1v) is 9.59. The van der Waals surface area contributed by atoms with E-state index in [0.717, 1.165) is 38.3 Å². The van der Waals surface area contributed by atoms with Crippen LogP contribution in [0.3, 0.4) is 0 Å². The molecule has 0 spiro atoms. The van der Waals surface area contributed by atoms with Crippen LogP contribution in [0.5, 0.6) is 0 Å². The van der Waals surface area contributed by atoms with E-state index in [1.54, 1.807) is 30.3 Å². The monoisotopic (exact) mass is 385 g/mol. The number of hydrogen-bond acceptors (Lipinski definition) is 3. The summed E-state index contributed by atoms with van der Waals surface area (Å²) in [5.41, 5.74) is 1.87. The van der Waals surface area contributed by atoms with Gasteiger partial charge in [0.1, 0.15) is 0 Å². The predicted molar refractivity (Wildman–Crippen MR) is 107 cm³/mol.